The number of aryl methyl sites for hydroxylation is 1. The number of thioether (sulfide) groups is 1. The van der Waals surface area contributed by atoms with Crippen LogP contribution in [0.1, 0.15) is 24.8 Å². The van der Waals surface area contributed by atoms with Crippen molar-refractivity contribution < 1.29 is 9.53 Å². The molecule has 24 heavy (non-hydrogen) atoms. The predicted molar refractivity (Wildman–Crippen MR) is 94.3 cm³/mol. The van der Waals surface area contributed by atoms with Gasteiger partial charge in [-0.2, -0.15) is 0 Å². The Balaban J connectivity index is 1.51. The van der Waals surface area contributed by atoms with Crippen LogP contribution in [0, 0.1) is 12.8 Å². The summed E-state index contributed by atoms with van der Waals surface area (Å²) >= 11 is 1.35. The summed E-state index contributed by atoms with van der Waals surface area (Å²) in [6.07, 6.45) is 9.19. The molecule has 126 valence electrons. The quantitative estimate of drug-likeness (QED) is 0.456. The highest BCUT2D eigenvalue weighted by atomic mass is 32.2. The zero-order valence-corrected chi connectivity index (χ0v) is 14.5. The molecule has 5 nitrogen and oxygen atoms in total. The lowest BCUT2D eigenvalue weighted by Crippen LogP contribution is -2.16. The van der Waals surface area contributed by atoms with E-state index in [1.807, 2.05) is 35.8 Å². The molecule has 0 fully saturated rings. The van der Waals surface area contributed by atoms with Crippen LogP contribution >= 0.6 is 11.8 Å². The van der Waals surface area contributed by atoms with E-state index in [-0.39, 0.29) is 11.7 Å². The van der Waals surface area contributed by atoms with Gasteiger partial charge in [0.1, 0.15) is 6.33 Å². The number of ether oxygens (including phenoxy) is 1. The van der Waals surface area contributed by atoms with E-state index in [2.05, 4.69) is 22.3 Å². The van der Waals surface area contributed by atoms with E-state index in [1.54, 1.807) is 6.33 Å². The molecule has 1 aromatic carbocycles. The lowest BCUT2D eigenvalue weighted by Gasteiger charge is -2.17. The van der Waals surface area contributed by atoms with Crippen LogP contribution in [0.2, 0.25) is 0 Å². The molecule has 0 N–H and O–H groups in total. The van der Waals surface area contributed by atoms with Gasteiger partial charge in [-0.25, -0.2) is 0 Å². The van der Waals surface area contributed by atoms with Gasteiger partial charge in [0.15, 0.2) is 5.16 Å². The molecule has 0 bridgehead atoms. The van der Waals surface area contributed by atoms with Crippen molar-refractivity contribution in [2.45, 2.75) is 31.3 Å². The zero-order chi connectivity index (χ0) is 16.8. The molecule has 0 spiro atoms. The first-order valence-corrected chi connectivity index (χ1v) is 9.11. The molecule has 0 amide bonds. The van der Waals surface area contributed by atoms with Crippen molar-refractivity contribution in [2.75, 3.05) is 12.4 Å². The summed E-state index contributed by atoms with van der Waals surface area (Å²) in [7, 11) is 0. The van der Waals surface area contributed by atoms with Gasteiger partial charge in [-0.1, -0.05) is 41.6 Å². The standard InChI is InChI=1S/C18H21N3O2S/c1-14-7-9-16(10-8-14)21-13-19-20-18(21)24-12-17(22)23-11-15-5-3-2-4-6-15/h2-3,7-10,13,15H,4-6,11-12H2,1H3. The first-order valence-electron chi connectivity index (χ1n) is 8.13. The van der Waals surface area contributed by atoms with Gasteiger partial charge in [-0.05, 0) is 44.2 Å². The molecule has 1 aliphatic carbocycles. The highest BCUT2D eigenvalue weighted by Gasteiger charge is 2.14. The van der Waals surface area contributed by atoms with Gasteiger partial charge in [-0.3, -0.25) is 9.36 Å². The SMILES string of the molecule is Cc1ccc(-n2cnnc2SCC(=O)OCC2CC=CCC2)cc1. The zero-order valence-electron chi connectivity index (χ0n) is 13.7. The van der Waals surface area contributed by atoms with Crippen molar-refractivity contribution in [2.24, 2.45) is 5.92 Å². The minimum atomic E-state index is -0.201. The third-order valence-electron chi connectivity index (χ3n) is 4.01. The van der Waals surface area contributed by atoms with E-state index in [0.29, 0.717) is 17.7 Å². The molecule has 1 heterocycles. The fourth-order valence-corrected chi connectivity index (χ4v) is 3.32. The molecule has 0 radical (unpaired) electrons. The molecule has 0 saturated carbocycles. The number of carbonyl (C=O) groups excluding carboxylic acids is 1. The van der Waals surface area contributed by atoms with Crippen molar-refractivity contribution in [3.8, 4) is 5.69 Å². The highest BCUT2D eigenvalue weighted by molar-refractivity contribution is 7.99. The summed E-state index contributed by atoms with van der Waals surface area (Å²) in [5, 5.41) is 8.74. The van der Waals surface area contributed by atoms with Crippen LogP contribution < -0.4 is 0 Å². The van der Waals surface area contributed by atoms with Gasteiger partial charge < -0.3 is 4.74 Å². The molecule has 1 aliphatic rings. The molecule has 1 aromatic heterocycles. The van der Waals surface area contributed by atoms with E-state index >= 15 is 0 Å². The number of nitrogens with zero attached hydrogens (tertiary/aromatic N) is 3. The van der Waals surface area contributed by atoms with Gasteiger partial charge in [0.05, 0.1) is 12.4 Å². The van der Waals surface area contributed by atoms with Crippen molar-refractivity contribution in [1.82, 2.24) is 14.8 Å². The number of carbonyl (C=O) groups is 1. The maximum Gasteiger partial charge on any atom is 0.316 e. The maximum atomic E-state index is 12.0. The van der Waals surface area contributed by atoms with Crippen LogP contribution in [0.5, 0.6) is 0 Å². The fraction of sp³-hybridized carbons (Fsp3) is 0.389. The average molecular weight is 343 g/mol. The second kappa shape index (κ2) is 8.15. The van der Waals surface area contributed by atoms with Gasteiger partial charge in [0.2, 0.25) is 0 Å². The van der Waals surface area contributed by atoms with Gasteiger partial charge in [0.25, 0.3) is 0 Å². The summed E-state index contributed by atoms with van der Waals surface area (Å²) in [6, 6.07) is 8.10. The van der Waals surface area contributed by atoms with Crippen LogP contribution in [-0.2, 0) is 9.53 Å². The van der Waals surface area contributed by atoms with E-state index in [0.717, 1.165) is 24.9 Å². The van der Waals surface area contributed by atoms with Crippen molar-refractivity contribution in [3.63, 3.8) is 0 Å². The summed E-state index contributed by atoms with van der Waals surface area (Å²) in [6.45, 7) is 2.55. The molecule has 1 unspecified atom stereocenters. The van der Waals surface area contributed by atoms with Crippen LogP contribution in [0.4, 0.5) is 0 Å². The molecule has 6 heteroatoms. The van der Waals surface area contributed by atoms with Gasteiger partial charge in [-0.15, -0.1) is 10.2 Å². The smallest absolute Gasteiger partial charge is 0.316 e. The number of allylic oxidation sites excluding steroid dienone is 2. The second-order valence-corrected chi connectivity index (χ2v) is 6.88. The van der Waals surface area contributed by atoms with E-state index in [1.165, 1.54) is 17.3 Å². The van der Waals surface area contributed by atoms with E-state index in [4.69, 9.17) is 4.74 Å². The third-order valence-corrected chi connectivity index (χ3v) is 4.92. The van der Waals surface area contributed by atoms with Crippen LogP contribution in [0.15, 0.2) is 47.9 Å². The lowest BCUT2D eigenvalue weighted by molar-refractivity contribution is -0.141. The topological polar surface area (TPSA) is 57.0 Å². The van der Waals surface area contributed by atoms with Crippen molar-refractivity contribution >= 4 is 17.7 Å². The monoisotopic (exact) mass is 343 g/mol. The summed E-state index contributed by atoms with van der Waals surface area (Å²) < 4.78 is 7.27. The Morgan fingerprint density at radius 3 is 2.92 bits per heavy atom. The third kappa shape index (κ3) is 4.47. The molecular weight excluding hydrogens is 322 g/mol. The molecular formula is C18H21N3O2S. The number of esters is 1. The Morgan fingerprint density at radius 1 is 1.33 bits per heavy atom. The van der Waals surface area contributed by atoms with Gasteiger partial charge >= 0.3 is 5.97 Å². The van der Waals surface area contributed by atoms with E-state index < -0.39 is 0 Å². The first kappa shape index (κ1) is 16.8. The highest BCUT2D eigenvalue weighted by Crippen LogP contribution is 2.21. The second-order valence-electron chi connectivity index (χ2n) is 5.94. The first-order chi connectivity index (χ1) is 11.7. The Labute approximate surface area is 146 Å². The number of hydrogen-bond acceptors (Lipinski definition) is 5. The summed E-state index contributed by atoms with van der Waals surface area (Å²) in [4.78, 5) is 12.0. The summed E-state index contributed by atoms with van der Waals surface area (Å²) in [5.74, 6) is 0.501. The maximum absolute atomic E-state index is 12.0. The number of rotatable bonds is 6. The minimum absolute atomic E-state index is 0.201. The number of hydrogen-bond donors (Lipinski definition) is 0. The molecule has 2 aromatic rings. The van der Waals surface area contributed by atoms with Crippen LogP contribution in [-0.4, -0.2) is 33.1 Å². The summed E-state index contributed by atoms with van der Waals surface area (Å²) in [5.41, 5.74) is 2.18. The largest absolute Gasteiger partial charge is 0.465 e. The average Bonchev–Trinajstić information content (AvgIpc) is 3.08. The Bertz CT molecular complexity index is 709. The van der Waals surface area contributed by atoms with Crippen LogP contribution in [0.3, 0.4) is 0 Å². The van der Waals surface area contributed by atoms with Crippen LogP contribution in [0.25, 0.3) is 5.69 Å². The Morgan fingerprint density at radius 2 is 2.17 bits per heavy atom. The molecule has 0 saturated heterocycles. The van der Waals surface area contributed by atoms with E-state index in [9.17, 15) is 4.79 Å². The molecule has 0 aliphatic heterocycles. The van der Waals surface area contributed by atoms with Gasteiger partial charge in [0, 0.05) is 5.69 Å². The lowest BCUT2D eigenvalue weighted by atomic mass is 9.95. The number of benzene rings is 1. The van der Waals surface area contributed by atoms with Crippen molar-refractivity contribution in [1.29, 1.82) is 0 Å². The fourth-order valence-electron chi connectivity index (χ4n) is 2.59. The normalized spacial score (nSPS) is 17.0. The Hall–Kier alpha value is -2.08. The Kier molecular flexibility index (Phi) is 5.69. The minimum Gasteiger partial charge on any atom is -0.465 e. The predicted octanol–water partition coefficient (Wildman–Crippen LogP) is 3.57. The molecule has 1 atom stereocenters. The number of aromatic nitrogens is 3. The van der Waals surface area contributed by atoms with Crippen molar-refractivity contribution in [3.05, 3.63) is 48.3 Å². The molecule has 3 rings (SSSR count).